The molecule has 1 aromatic heterocycles. The first-order valence-electron chi connectivity index (χ1n) is 10.5. The van der Waals surface area contributed by atoms with Gasteiger partial charge in [0.1, 0.15) is 5.82 Å². The van der Waals surface area contributed by atoms with E-state index in [-0.39, 0.29) is 5.41 Å². The second-order valence-electron chi connectivity index (χ2n) is 7.83. The highest BCUT2D eigenvalue weighted by molar-refractivity contribution is 5.29. The van der Waals surface area contributed by atoms with Crippen LogP contribution in [0, 0.1) is 17.2 Å². The van der Waals surface area contributed by atoms with Crippen molar-refractivity contribution in [1.82, 2.24) is 9.97 Å². The van der Waals surface area contributed by atoms with Crippen LogP contribution in [0.25, 0.3) is 0 Å². The zero-order valence-corrected chi connectivity index (χ0v) is 16.3. The molecule has 0 saturated heterocycles. The molecule has 0 aromatic carbocycles. The highest BCUT2D eigenvalue weighted by Crippen LogP contribution is 2.42. The van der Waals surface area contributed by atoms with E-state index in [0.29, 0.717) is 0 Å². The van der Waals surface area contributed by atoms with E-state index < -0.39 is 0 Å². The fourth-order valence-electron chi connectivity index (χ4n) is 4.03. The molecule has 0 atom stereocenters. The number of aromatic nitrogens is 2. The summed E-state index contributed by atoms with van der Waals surface area (Å²) < 4.78 is 0. The second kappa shape index (κ2) is 10.5. The lowest BCUT2D eigenvalue weighted by Crippen LogP contribution is -2.30. The molecule has 1 saturated carbocycles. The van der Waals surface area contributed by atoms with Crippen LogP contribution in [0.3, 0.4) is 0 Å². The zero-order valence-electron chi connectivity index (χ0n) is 16.3. The fraction of sp³-hybridized carbons (Fsp3) is 0.773. The second-order valence-corrected chi connectivity index (χ2v) is 7.83. The van der Waals surface area contributed by atoms with E-state index in [9.17, 15) is 5.26 Å². The van der Waals surface area contributed by atoms with Crippen LogP contribution in [-0.2, 0) is 11.8 Å². The molecule has 0 spiro atoms. The number of nitrogens with zero attached hydrogens (tertiary/aromatic N) is 3. The minimum absolute atomic E-state index is 0.345. The Bertz CT molecular complexity index is 521. The third-order valence-electron chi connectivity index (χ3n) is 5.90. The van der Waals surface area contributed by atoms with Gasteiger partial charge in [0.15, 0.2) is 0 Å². The molecular weight excluding hydrogens is 306 g/mol. The quantitative estimate of drug-likeness (QED) is 0.481. The summed E-state index contributed by atoms with van der Waals surface area (Å²) in [5, 5.41) is 9.86. The van der Waals surface area contributed by atoms with Crippen molar-refractivity contribution in [2.24, 2.45) is 5.92 Å². The number of nitriles is 1. The van der Waals surface area contributed by atoms with Gasteiger partial charge in [0.25, 0.3) is 0 Å². The minimum Gasteiger partial charge on any atom is -0.241 e. The van der Waals surface area contributed by atoms with E-state index in [1.165, 1.54) is 51.4 Å². The molecule has 1 fully saturated rings. The zero-order chi connectivity index (χ0) is 18.0. The third-order valence-corrected chi connectivity index (χ3v) is 5.90. The first-order chi connectivity index (χ1) is 12.2. The van der Waals surface area contributed by atoms with Crippen LogP contribution in [0.2, 0.25) is 0 Å². The van der Waals surface area contributed by atoms with Crippen LogP contribution >= 0.6 is 0 Å². The van der Waals surface area contributed by atoms with Crippen molar-refractivity contribution in [2.75, 3.05) is 0 Å². The summed E-state index contributed by atoms with van der Waals surface area (Å²) in [5.74, 6) is 1.73. The lowest BCUT2D eigenvalue weighted by Gasteiger charge is -2.35. The van der Waals surface area contributed by atoms with Gasteiger partial charge in [-0.25, -0.2) is 9.97 Å². The van der Waals surface area contributed by atoms with Crippen molar-refractivity contribution in [2.45, 2.75) is 103 Å². The number of aryl methyl sites for hydroxylation is 1. The molecule has 0 bridgehead atoms. The normalized spacial score (nSPS) is 23.3. The monoisotopic (exact) mass is 341 g/mol. The maximum absolute atomic E-state index is 9.86. The average Bonchev–Trinajstić information content (AvgIpc) is 2.67. The van der Waals surface area contributed by atoms with Crippen molar-refractivity contribution >= 4 is 0 Å². The molecule has 3 nitrogen and oxygen atoms in total. The standard InChI is InChI=1S/C22H35N3/c1-3-5-7-8-9-10-19-12-14-22(18-23,15-13-19)20-16-24-21(25-17-20)11-6-4-2/h16-17,19H,3-15H2,1-2H3/t19-,22+. The molecule has 1 aliphatic rings. The molecule has 0 radical (unpaired) electrons. The predicted molar refractivity (Wildman–Crippen MR) is 103 cm³/mol. The van der Waals surface area contributed by atoms with Crippen molar-refractivity contribution in [3.63, 3.8) is 0 Å². The van der Waals surface area contributed by atoms with Crippen molar-refractivity contribution in [3.8, 4) is 6.07 Å². The van der Waals surface area contributed by atoms with Crippen molar-refractivity contribution in [3.05, 3.63) is 23.8 Å². The molecule has 0 amide bonds. The third kappa shape index (κ3) is 5.80. The van der Waals surface area contributed by atoms with Gasteiger partial charge in [-0.05, 0) is 38.0 Å². The van der Waals surface area contributed by atoms with Gasteiger partial charge in [0, 0.05) is 24.4 Å². The molecule has 3 heteroatoms. The Hall–Kier alpha value is -1.43. The highest BCUT2D eigenvalue weighted by atomic mass is 14.9. The first kappa shape index (κ1) is 19.9. The smallest absolute Gasteiger partial charge is 0.128 e. The number of rotatable bonds is 10. The minimum atomic E-state index is -0.345. The Morgan fingerprint density at radius 2 is 1.64 bits per heavy atom. The van der Waals surface area contributed by atoms with Gasteiger partial charge in [-0.3, -0.25) is 0 Å². The van der Waals surface area contributed by atoms with E-state index in [2.05, 4.69) is 29.9 Å². The molecule has 2 rings (SSSR count). The van der Waals surface area contributed by atoms with E-state index in [1.54, 1.807) is 0 Å². The Labute approximate surface area is 154 Å². The summed E-state index contributed by atoms with van der Waals surface area (Å²) in [4.78, 5) is 9.04. The first-order valence-corrected chi connectivity index (χ1v) is 10.5. The van der Waals surface area contributed by atoms with Gasteiger partial charge in [-0.1, -0.05) is 58.8 Å². The van der Waals surface area contributed by atoms with E-state index in [1.807, 2.05) is 12.4 Å². The molecule has 0 N–H and O–H groups in total. The van der Waals surface area contributed by atoms with Crippen LogP contribution in [0.5, 0.6) is 0 Å². The summed E-state index contributed by atoms with van der Waals surface area (Å²) >= 11 is 0. The molecule has 1 aliphatic carbocycles. The van der Waals surface area contributed by atoms with E-state index in [0.717, 1.165) is 49.4 Å². The van der Waals surface area contributed by atoms with Crippen LogP contribution in [0.4, 0.5) is 0 Å². The fourth-order valence-corrected chi connectivity index (χ4v) is 4.03. The van der Waals surface area contributed by atoms with Gasteiger partial charge in [-0.2, -0.15) is 5.26 Å². The van der Waals surface area contributed by atoms with E-state index >= 15 is 0 Å². The number of hydrogen-bond acceptors (Lipinski definition) is 3. The summed E-state index contributed by atoms with van der Waals surface area (Å²) in [6.07, 6.45) is 19.5. The Kier molecular flexibility index (Phi) is 8.38. The number of hydrogen-bond donors (Lipinski definition) is 0. The van der Waals surface area contributed by atoms with Gasteiger partial charge in [0.05, 0.1) is 11.5 Å². The highest BCUT2D eigenvalue weighted by Gasteiger charge is 2.37. The SMILES string of the molecule is CCCCCCC[C@H]1CC[C@@](C#N)(c2cnc(CCCC)nc2)CC1. The molecule has 1 aromatic rings. The Morgan fingerprint density at radius 3 is 2.24 bits per heavy atom. The van der Waals surface area contributed by atoms with Gasteiger partial charge < -0.3 is 0 Å². The van der Waals surface area contributed by atoms with Crippen LogP contribution in [-0.4, -0.2) is 9.97 Å². The summed E-state index contributed by atoms with van der Waals surface area (Å²) in [7, 11) is 0. The number of unbranched alkanes of at least 4 members (excludes halogenated alkanes) is 5. The topological polar surface area (TPSA) is 49.6 Å². The lowest BCUT2D eigenvalue weighted by molar-refractivity contribution is 0.260. The van der Waals surface area contributed by atoms with Crippen LogP contribution in [0.15, 0.2) is 12.4 Å². The molecule has 0 aliphatic heterocycles. The van der Waals surface area contributed by atoms with Crippen LogP contribution in [0.1, 0.15) is 102 Å². The van der Waals surface area contributed by atoms with Gasteiger partial charge in [-0.15, -0.1) is 0 Å². The van der Waals surface area contributed by atoms with E-state index in [4.69, 9.17) is 0 Å². The molecule has 1 heterocycles. The molecular formula is C22H35N3. The Balaban J connectivity index is 1.85. The molecule has 0 unspecified atom stereocenters. The largest absolute Gasteiger partial charge is 0.241 e. The molecule has 138 valence electrons. The molecule has 25 heavy (non-hydrogen) atoms. The Morgan fingerprint density at radius 1 is 1.00 bits per heavy atom. The maximum atomic E-state index is 9.86. The summed E-state index contributed by atoms with van der Waals surface area (Å²) in [6, 6.07) is 2.62. The average molecular weight is 342 g/mol. The van der Waals surface area contributed by atoms with Gasteiger partial charge in [0.2, 0.25) is 0 Å². The predicted octanol–water partition coefficient (Wildman–Crippen LogP) is 6.13. The van der Waals surface area contributed by atoms with Crippen molar-refractivity contribution < 1.29 is 0 Å². The van der Waals surface area contributed by atoms with Gasteiger partial charge >= 0.3 is 0 Å². The maximum Gasteiger partial charge on any atom is 0.128 e. The van der Waals surface area contributed by atoms with Crippen molar-refractivity contribution in [1.29, 1.82) is 5.26 Å². The summed E-state index contributed by atoms with van der Waals surface area (Å²) in [5.41, 5.74) is 0.693. The van der Waals surface area contributed by atoms with Crippen LogP contribution < -0.4 is 0 Å². The lowest BCUT2D eigenvalue weighted by atomic mass is 9.67. The summed E-state index contributed by atoms with van der Waals surface area (Å²) in [6.45, 7) is 4.45.